The second kappa shape index (κ2) is 15.0. The number of carbonyl (C=O) groups excluding carboxylic acids is 1. The molecule has 0 saturated heterocycles. The van der Waals surface area contributed by atoms with E-state index in [-0.39, 0.29) is 27.3 Å². The molecule has 4 aromatic heterocycles. The van der Waals surface area contributed by atoms with Gasteiger partial charge in [-0.15, -0.1) is 0 Å². The second-order valence-electron chi connectivity index (χ2n) is 8.46. The average molecular weight is 539 g/mol. The number of Topliss-reactive ketones (excluding diaryl/α,β-unsaturated/α-hetero) is 1. The van der Waals surface area contributed by atoms with Crippen LogP contribution in [0.5, 0.6) is 0 Å². The summed E-state index contributed by atoms with van der Waals surface area (Å²) in [6, 6.07) is 8.03. The van der Waals surface area contributed by atoms with E-state index < -0.39 is 5.97 Å². The molecule has 0 fully saturated rings. The summed E-state index contributed by atoms with van der Waals surface area (Å²) in [6.07, 6.45) is 12.7. The predicted molar refractivity (Wildman–Crippen MR) is 155 cm³/mol. The maximum absolute atomic E-state index is 12.2. The number of carbonyl (C=O) groups is 2. The normalized spacial score (nSPS) is 10.2. The van der Waals surface area contributed by atoms with Gasteiger partial charge in [0.15, 0.2) is 17.3 Å². The van der Waals surface area contributed by atoms with Gasteiger partial charge in [-0.1, -0.05) is 39.0 Å². The van der Waals surface area contributed by atoms with E-state index in [9.17, 15) is 9.59 Å². The quantitative estimate of drug-likeness (QED) is 0.156. The van der Waals surface area contributed by atoms with Crippen LogP contribution in [0.25, 0.3) is 21.9 Å². The highest BCUT2D eigenvalue weighted by molar-refractivity contribution is 6.06. The first-order valence-electron chi connectivity index (χ1n) is 12.3. The molecule has 3 radical (unpaired) electrons. The number of unbranched alkanes of at least 4 members (excludes halogenated alkanes) is 2. The zero-order valence-corrected chi connectivity index (χ0v) is 21.6. The highest BCUT2D eigenvalue weighted by Gasteiger charge is 2.16. The molecule has 205 valence electrons. The number of aromatic nitrogens is 7. The van der Waals surface area contributed by atoms with Gasteiger partial charge in [-0.2, -0.15) is 0 Å². The summed E-state index contributed by atoms with van der Waals surface area (Å²) in [5.74, 6) is 0.482. The SMILES string of the molecule is C.CCc1nc2c(N)nc3ccccc3c2n1CCCCCC(=O)c1cnccn1.O=C(O)c1cnccn1.[B]. The summed E-state index contributed by atoms with van der Waals surface area (Å²) < 4.78 is 2.26. The lowest BCUT2D eigenvalue weighted by Crippen LogP contribution is -2.05. The van der Waals surface area contributed by atoms with Gasteiger partial charge in [0.25, 0.3) is 0 Å². The van der Waals surface area contributed by atoms with E-state index in [0.29, 0.717) is 17.9 Å². The van der Waals surface area contributed by atoms with Crippen LogP contribution in [0.15, 0.2) is 61.4 Å². The number of imidazole rings is 1. The number of pyridine rings is 1. The van der Waals surface area contributed by atoms with E-state index >= 15 is 0 Å². The number of rotatable bonds is 9. The number of nitrogens with zero attached hydrogens (tertiary/aromatic N) is 7. The molecule has 4 heterocycles. The number of ketones is 1. The Morgan fingerprint density at radius 2 is 1.60 bits per heavy atom. The van der Waals surface area contributed by atoms with Gasteiger partial charge >= 0.3 is 5.97 Å². The molecule has 1 aromatic carbocycles. The smallest absolute Gasteiger partial charge is 0.356 e. The number of anilines is 1. The number of nitrogens with two attached hydrogens (primary N) is 1. The van der Waals surface area contributed by atoms with E-state index in [0.717, 1.165) is 60.0 Å². The Kier molecular flexibility index (Phi) is 11.8. The minimum absolute atomic E-state index is 0. The van der Waals surface area contributed by atoms with Crippen LogP contribution in [0.4, 0.5) is 5.82 Å². The fourth-order valence-electron chi connectivity index (χ4n) is 4.13. The molecule has 0 atom stereocenters. The summed E-state index contributed by atoms with van der Waals surface area (Å²) in [7, 11) is 0. The van der Waals surface area contributed by atoms with E-state index in [2.05, 4.69) is 42.5 Å². The minimum Gasteiger partial charge on any atom is -0.476 e. The van der Waals surface area contributed by atoms with Gasteiger partial charge in [0.05, 0.1) is 23.4 Å². The molecular formula is C28H32BN8O3. The van der Waals surface area contributed by atoms with E-state index in [1.54, 1.807) is 12.4 Å². The zero-order chi connectivity index (χ0) is 26.9. The molecule has 0 aliphatic rings. The lowest BCUT2D eigenvalue weighted by molar-refractivity contribution is 0.0689. The van der Waals surface area contributed by atoms with Crippen molar-refractivity contribution in [2.24, 2.45) is 0 Å². The number of para-hydroxylation sites is 1. The summed E-state index contributed by atoms with van der Waals surface area (Å²) in [4.78, 5) is 46.6. The van der Waals surface area contributed by atoms with Gasteiger partial charge in [0, 0.05) is 58.0 Å². The molecule has 5 rings (SSSR count). The molecule has 5 aromatic rings. The molecule has 0 aliphatic carbocycles. The number of aryl methyl sites for hydroxylation is 2. The Labute approximate surface area is 234 Å². The molecular weight excluding hydrogens is 507 g/mol. The monoisotopic (exact) mass is 539 g/mol. The summed E-state index contributed by atoms with van der Waals surface area (Å²) >= 11 is 0. The first-order chi connectivity index (χ1) is 18.5. The van der Waals surface area contributed by atoms with Gasteiger partial charge < -0.3 is 15.4 Å². The maximum atomic E-state index is 12.2. The molecule has 3 N–H and O–H groups in total. The third-order valence-corrected chi connectivity index (χ3v) is 5.92. The van der Waals surface area contributed by atoms with Crippen LogP contribution in [0.2, 0.25) is 0 Å². The lowest BCUT2D eigenvalue weighted by atomic mass is 10.1. The van der Waals surface area contributed by atoms with Crippen molar-refractivity contribution in [3.8, 4) is 0 Å². The standard InChI is InChI=1S/C22H24N6O.C5H4N2O2.CH4.B/c1-2-19-27-20-21(15-8-5-6-9-16(15)26-22(20)23)28(19)13-7-3-4-10-18(29)17-14-24-11-12-25-17;8-5(9)4-3-6-1-2-7-4;;/h5-6,8-9,11-12,14H,2-4,7,10,13H2,1H3,(H2,23,26);1-3H,(H,8,9);1H4;. The van der Waals surface area contributed by atoms with Crippen LogP contribution >= 0.6 is 0 Å². The van der Waals surface area contributed by atoms with Crippen molar-refractivity contribution in [1.82, 2.24) is 34.5 Å². The van der Waals surface area contributed by atoms with E-state index in [4.69, 9.17) is 15.8 Å². The number of benzene rings is 1. The topological polar surface area (TPSA) is 163 Å². The van der Waals surface area contributed by atoms with Crippen LogP contribution in [0, 0.1) is 0 Å². The summed E-state index contributed by atoms with van der Waals surface area (Å²) in [5.41, 5.74) is 9.32. The number of carboxylic acids is 1. The molecule has 0 bridgehead atoms. The Hall–Kier alpha value is -4.74. The van der Waals surface area contributed by atoms with Gasteiger partial charge in [-0.05, 0) is 18.9 Å². The largest absolute Gasteiger partial charge is 0.476 e. The van der Waals surface area contributed by atoms with Crippen LogP contribution in [0.3, 0.4) is 0 Å². The summed E-state index contributed by atoms with van der Waals surface area (Å²) in [6.45, 7) is 2.94. The van der Waals surface area contributed by atoms with Gasteiger partial charge in [0.2, 0.25) is 0 Å². The maximum Gasteiger partial charge on any atom is 0.356 e. The molecule has 11 nitrogen and oxygen atoms in total. The fraction of sp³-hybridized carbons (Fsp3) is 0.286. The number of fused-ring (bicyclic) bond motifs is 3. The van der Waals surface area contributed by atoms with E-state index in [1.807, 2.05) is 18.2 Å². The van der Waals surface area contributed by atoms with Crippen molar-refractivity contribution >= 4 is 47.9 Å². The van der Waals surface area contributed by atoms with E-state index in [1.165, 1.54) is 24.8 Å². The molecule has 0 unspecified atom stereocenters. The summed E-state index contributed by atoms with van der Waals surface area (Å²) in [5, 5.41) is 9.35. The highest BCUT2D eigenvalue weighted by Crippen LogP contribution is 2.29. The number of nitrogen functional groups attached to an aromatic ring is 1. The molecule has 0 spiro atoms. The van der Waals surface area contributed by atoms with Crippen molar-refractivity contribution in [3.05, 3.63) is 78.7 Å². The molecule has 12 heteroatoms. The lowest BCUT2D eigenvalue weighted by Gasteiger charge is -2.10. The Balaban J connectivity index is 0.000000437. The Morgan fingerprint density at radius 3 is 2.20 bits per heavy atom. The van der Waals surface area contributed by atoms with Gasteiger partial charge in [-0.25, -0.2) is 24.7 Å². The Morgan fingerprint density at radius 1 is 0.925 bits per heavy atom. The zero-order valence-electron chi connectivity index (χ0n) is 21.6. The molecule has 0 amide bonds. The fourth-order valence-corrected chi connectivity index (χ4v) is 4.13. The van der Waals surface area contributed by atoms with Crippen LogP contribution in [0.1, 0.15) is 66.8 Å². The number of hydrogen-bond acceptors (Lipinski definition) is 9. The second-order valence-corrected chi connectivity index (χ2v) is 8.46. The average Bonchev–Trinajstić information content (AvgIpc) is 3.33. The molecule has 0 aliphatic heterocycles. The van der Waals surface area contributed by atoms with Crippen molar-refractivity contribution in [2.75, 3.05) is 5.73 Å². The number of aromatic carboxylic acids is 1. The first kappa shape index (κ1) is 31.5. The molecule has 0 saturated carbocycles. The van der Waals surface area contributed by atoms with Crippen molar-refractivity contribution in [3.63, 3.8) is 0 Å². The van der Waals surface area contributed by atoms with Gasteiger partial charge in [0.1, 0.15) is 17.0 Å². The van der Waals surface area contributed by atoms with Crippen molar-refractivity contribution < 1.29 is 14.7 Å². The molecule has 40 heavy (non-hydrogen) atoms. The number of hydrogen-bond donors (Lipinski definition) is 2. The predicted octanol–water partition coefficient (Wildman–Crippen LogP) is 4.39. The first-order valence-corrected chi connectivity index (χ1v) is 12.3. The van der Waals surface area contributed by atoms with Gasteiger partial charge in [-0.3, -0.25) is 14.8 Å². The third kappa shape index (κ3) is 7.43. The van der Waals surface area contributed by atoms with Crippen LogP contribution in [-0.4, -0.2) is 59.7 Å². The van der Waals surface area contributed by atoms with Crippen molar-refractivity contribution in [1.29, 1.82) is 0 Å². The Bertz CT molecular complexity index is 1550. The third-order valence-electron chi connectivity index (χ3n) is 5.92. The van der Waals surface area contributed by atoms with Crippen LogP contribution in [-0.2, 0) is 13.0 Å². The minimum atomic E-state index is -1.05. The number of carboxylic acid groups (broad SMARTS) is 1. The highest BCUT2D eigenvalue weighted by atomic mass is 16.4. The van der Waals surface area contributed by atoms with Crippen LogP contribution < -0.4 is 5.73 Å². The van der Waals surface area contributed by atoms with Crippen molar-refractivity contribution in [2.45, 2.75) is 53.0 Å².